The summed E-state index contributed by atoms with van der Waals surface area (Å²) in [5.74, 6) is 0.637. The number of aliphatic hydroxyl groups is 1. The number of carbonyl (C=O) groups is 1. The minimum atomic E-state index is -0.352. The normalized spacial score (nSPS) is 15.1. The van der Waals surface area contributed by atoms with E-state index in [1.807, 2.05) is 39.0 Å². The summed E-state index contributed by atoms with van der Waals surface area (Å²) in [4.78, 5) is 12.0. The van der Waals surface area contributed by atoms with Crippen molar-refractivity contribution in [2.75, 3.05) is 19.0 Å². The number of hydrogen-bond donors (Lipinski definition) is 3. The highest BCUT2D eigenvalue weighted by Gasteiger charge is 2.23. The Labute approximate surface area is 126 Å². The largest absolute Gasteiger partial charge is 0.497 e. The fraction of sp³-hybridized carbons (Fsp3) is 0.562. The van der Waals surface area contributed by atoms with Crippen LogP contribution in [0.1, 0.15) is 33.6 Å². The van der Waals surface area contributed by atoms with Crippen molar-refractivity contribution in [1.82, 2.24) is 5.32 Å². The zero-order chi connectivity index (χ0) is 15.9. The van der Waals surface area contributed by atoms with Crippen molar-refractivity contribution in [2.24, 2.45) is 0 Å². The second-order valence-corrected chi connectivity index (χ2v) is 5.60. The molecule has 21 heavy (non-hydrogen) atoms. The summed E-state index contributed by atoms with van der Waals surface area (Å²) in [6.45, 7) is 5.94. The smallest absolute Gasteiger partial charge is 0.225 e. The number of aliphatic hydroxyl groups excluding tert-OH is 1. The molecule has 0 aromatic heterocycles. The predicted molar refractivity (Wildman–Crippen MR) is 84.6 cm³/mol. The maximum atomic E-state index is 12.0. The Kier molecular flexibility index (Phi) is 6.65. The topological polar surface area (TPSA) is 70.6 Å². The predicted octanol–water partition coefficient (Wildman–Crippen LogP) is 2.16. The Bertz CT molecular complexity index is 459. The van der Waals surface area contributed by atoms with E-state index in [4.69, 9.17) is 4.74 Å². The molecule has 0 fully saturated rings. The molecule has 0 aliphatic rings. The molecular weight excluding hydrogens is 268 g/mol. The number of hydrogen-bond acceptors (Lipinski definition) is 4. The number of benzene rings is 1. The molecule has 2 unspecified atom stereocenters. The molecule has 0 heterocycles. The number of amides is 1. The Balaban J connectivity index is 2.53. The molecule has 0 bridgehead atoms. The van der Waals surface area contributed by atoms with Crippen molar-refractivity contribution < 1.29 is 14.6 Å². The first-order valence-electron chi connectivity index (χ1n) is 7.25. The lowest BCUT2D eigenvalue weighted by Crippen LogP contribution is -2.50. The van der Waals surface area contributed by atoms with E-state index >= 15 is 0 Å². The maximum Gasteiger partial charge on any atom is 0.225 e. The molecule has 1 aromatic rings. The number of anilines is 1. The van der Waals surface area contributed by atoms with Gasteiger partial charge in [-0.25, -0.2) is 0 Å². The van der Waals surface area contributed by atoms with Gasteiger partial charge in [0, 0.05) is 29.8 Å². The molecule has 0 spiro atoms. The second-order valence-electron chi connectivity index (χ2n) is 5.60. The van der Waals surface area contributed by atoms with Crippen LogP contribution in [0, 0.1) is 0 Å². The minimum Gasteiger partial charge on any atom is -0.497 e. The molecule has 0 aliphatic carbocycles. The third-order valence-corrected chi connectivity index (χ3v) is 3.57. The zero-order valence-corrected chi connectivity index (χ0v) is 13.3. The first kappa shape index (κ1) is 17.5. The summed E-state index contributed by atoms with van der Waals surface area (Å²) in [6, 6.07) is 7.24. The van der Waals surface area contributed by atoms with E-state index in [2.05, 4.69) is 10.6 Å². The van der Waals surface area contributed by atoms with Gasteiger partial charge in [0.2, 0.25) is 5.91 Å². The quantitative estimate of drug-likeness (QED) is 0.687. The van der Waals surface area contributed by atoms with Crippen molar-refractivity contribution in [1.29, 1.82) is 0 Å². The van der Waals surface area contributed by atoms with E-state index in [-0.39, 0.29) is 24.1 Å². The molecular formula is C16H26N2O3. The van der Waals surface area contributed by atoms with Gasteiger partial charge in [-0.1, -0.05) is 13.0 Å². The fourth-order valence-corrected chi connectivity index (χ4v) is 2.10. The van der Waals surface area contributed by atoms with Gasteiger partial charge >= 0.3 is 0 Å². The van der Waals surface area contributed by atoms with Crippen LogP contribution in [0.2, 0.25) is 0 Å². The molecule has 0 saturated heterocycles. The highest BCUT2D eigenvalue weighted by molar-refractivity contribution is 5.91. The fourth-order valence-electron chi connectivity index (χ4n) is 2.10. The van der Waals surface area contributed by atoms with Crippen LogP contribution in [0.3, 0.4) is 0 Å². The van der Waals surface area contributed by atoms with Crippen LogP contribution in [0.15, 0.2) is 24.3 Å². The highest BCUT2D eigenvalue weighted by atomic mass is 16.5. The van der Waals surface area contributed by atoms with Gasteiger partial charge in [-0.3, -0.25) is 4.79 Å². The summed E-state index contributed by atoms with van der Waals surface area (Å²) in [7, 11) is 1.59. The van der Waals surface area contributed by atoms with E-state index in [1.165, 1.54) is 0 Å². The summed E-state index contributed by atoms with van der Waals surface area (Å²) in [5.41, 5.74) is 0.363. The number of methoxy groups -OCH3 is 1. The molecule has 0 radical (unpaired) electrons. The van der Waals surface area contributed by atoms with Crippen molar-refractivity contribution >= 4 is 11.6 Å². The van der Waals surface area contributed by atoms with E-state index in [1.54, 1.807) is 13.2 Å². The Morgan fingerprint density at radius 2 is 2.19 bits per heavy atom. The second kappa shape index (κ2) is 8.00. The van der Waals surface area contributed by atoms with Gasteiger partial charge in [0.25, 0.3) is 0 Å². The summed E-state index contributed by atoms with van der Waals surface area (Å²) in [6.07, 6.45) is 1.14. The number of ether oxygens (including phenoxy) is 1. The van der Waals surface area contributed by atoms with E-state index in [0.29, 0.717) is 17.9 Å². The molecule has 0 aliphatic heterocycles. The molecule has 1 amide bonds. The third-order valence-electron chi connectivity index (χ3n) is 3.57. The summed E-state index contributed by atoms with van der Waals surface area (Å²) in [5, 5.41) is 15.5. The van der Waals surface area contributed by atoms with Crippen LogP contribution < -0.4 is 15.4 Å². The average molecular weight is 294 g/mol. The van der Waals surface area contributed by atoms with Crippen molar-refractivity contribution in [3.8, 4) is 5.75 Å². The van der Waals surface area contributed by atoms with Crippen LogP contribution in [-0.2, 0) is 4.79 Å². The molecule has 5 nitrogen and oxygen atoms in total. The lowest BCUT2D eigenvalue weighted by molar-refractivity contribution is -0.116. The SMILES string of the molecule is CCC(C)(CO)NC(C)CC(=O)Nc1cccc(OC)c1. The average Bonchev–Trinajstić information content (AvgIpc) is 2.46. The first-order chi connectivity index (χ1) is 9.92. The number of rotatable bonds is 8. The van der Waals surface area contributed by atoms with Crippen molar-refractivity contribution in [3.63, 3.8) is 0 Å². The van der Waals surface area contributed by atoms with Crippen LogP contribution in [-0.4, -0.2) is 36.3 Å². The molecule has 1 aromatic carbocycles. The third kappa shape index (κ3) is 5.73. The van der Waals surface area contributed by atoms with E-state index < -0.39 is 0 Å². The van der Waals surface area contributed by atoms with Crippen LogP contribution in [0.5, 0.6) is 5.75 Å². The van der Waals surface area contributed by atoms with E-state index in [0.717, 1.165) is 6.42 Å². The number of carbonyl (C=O) groups excluding carboxylic acids is 1. The van der Waals surface area contributed by atoms with Crippen molar-refractivity contribution in [2.45, 2.75) is 45.2 Å². The van der Waals surface area contributed by atoms with Gasteiger partial charge in [-0.15, -0.1) is 0 Å². The lowest BCUT2D eigenvalue weighted by Gasteiger charge is -2.31. The zero-order valence-electron chi connectivity index (χ0n) is 13.3. The van der Waals surface area contributed by atoms with Gasteiger partial charge in [0.05, 0.1) is 13.7 Å². The Morgan fingerprint density at radius 1 is 1.48 bits per heavy atom. The van der Waals surface area contributed by atoms with Crippen molar-refractivity contribution in [3.05, 3.63) is 24.3 Å². The molecule has 5 heteroatoms. The summed E-state index contributed by atoms with van der Waals surface area (Å²) < 4.78 is 5.12. The highest BCUT2D eigenvalue weighted by Crippen LogP contribution is 2.17. The lowest BCUT2D eigenvalue weighted by atomic mass is 9.98. The standard InChI is InChI=1S/C16H26N2O3/c1-5-16(3,11-19)18-12(2)9-15(20)17-13-7-6-8-14(10-13)21-4/h6-8,10,12,18-19H,5,9,11H2,1-4H3,(H,17,20). The monoisotopic (exact) mass is 294 g/mol. The van der Waals surface area contributed by atoms with E-state index in [9.17, 15) is 9.90 Å². The van der Waals surface area contributed by atoms with Crippen LogP contribution in [0.4, 0.5) is 5.69 Å². The maximum absolute atomic E-state index is 12.0. The van der Waals surface area contributed by atoms with Crippen LogP contribution >= 0.6 is 0 Å². The first-order valence-corrected chi connectivity index (χ1v) is 7.25. The summed E-state index contributed by atoms with van der Waals surface area (Å²) >= 11 is 0. The van der Waals surface area contributed by atoms with Crippen LogP contribution in [0.25, 0.3) is 0 Å². The van der Waals surface area contributed by atoms with Gasteiger partial charge in [-0.2, -0.15) is 0 Å². The molecule has 3 N–H and O–H groups in total. The molecule has 2 atom stereocenters. The van der Waals surface area contributed by atoms with Gasteiger partial charge < -0.3 is 20.5 Å². The molecule has 0 saturated carbocycles. The molecule has 118 valence electrons. The Morgan fingerprint density at radius 3 is 2.76 bits per heavy atom. The molecule has 1 rings (SSSR count). The van der Waals surface area contributed by atoms with Gasteiger partial charge in [0.15, 0.2) is 0 Å². The minimum absolute atomic E-state index is 0.0206. The Hall–Kier alpha value is -1.59. The van der Waals surface area contributed by atoms with Gasteiger partial charge in [-0.05, 0) is 32.4 Å². The van der Waals surface area contributed by atoms with Gasteiger partial charge in [0.1, 0.15) is 5.75 Å². The number of nitrogens with one attached hydrogen (secondary N) is 2.